The number of rotatable bonds is 7. The van der Waals surface area contributed by atoms with E-state index in [1.807, 2.05) is 41.4 Å². The van der Waals surface area contributed by atoms with Crippen LogP contribution in [0.3, 0.4) is 0 Å². The molecule has 0 bridgehead atoms. The van der Waals surface area contributed by atoms with Crippen LogP contribution < -0.4 is 10.5 Å². The number of nitrogens with two attached hydrogens (primary N) is 1. The molecule has 1 amide bonds. The minimum absolute atomic E-state index is 0.0337. The van der Waals surface area contributed by atoms with Crippen LogP contribution in [0.15, 0.2) is 48.8 Å². The van der Waals surface area contributed by atoms with E-state index in [0.29, 0.717) is 17.1 Å². The van der Waals surface area contributed by atoms with E-state index < -0.39 is 0 Å². The van der Waals surface area contributed by atoms with Crippen molar-refractivity contribution in [1.29, 1.82) is 0 Å². The van der Waals surface area contributed by atoms with Gasteiger partial charge in [0.2, 0.25) is 0 Å². The number of methoxy groups -OCH3 is 1. The third-order valence-corrected chi connectivity index (χ3v) is 7.06. The first-order chi connectivity index (χ1) is 17.1. The minimum Gasteiger partial charge on any atom is -0.496 e. The fourth-order valence-electron chi connectivity index (χ4n) is 4.89. The maximum absolute atomic E-state index is 13.4. The van der Waals surface area contributed by atoms with Gasteiger partial charge in [-0.2, -0.15) is 0 Å². The number of piperazine rings is 1. The SMILES string of the molecule is CCc1nccc(-c2ccc(C(=O)N3CCN(CC4CC4)CC3)c(OC)c2)c1-c1ccc(N)nc1. The predicted octanol–water partition coefficient (Wildman–Crippen LogP) is 4.13. The Morgan fingerprint density at radius 1 is 1.06 bits per heavy atom. The Morgan fingerprint density at radius 2 is 1.83 bits per heavy atom. The smallest absolute Gasteiger partial charge is 0.257 e. The molecule has 35 heavy (non-hydrogen) atoms. The quantitative estimate of drug-likeness (QED) is 0.558. The molecular weight excluding hydrogens is 438 g/mol. The Morgan fingerprint density at radius 3 is 2.49 bits per heavy atom. The van der Waals surface area contributed by atoms with Gasteiger partial charge in [-0.05, 0) is 66.6 Å². The summed E-state index contributed by atoms with van der Waals surface area (Å²) in [5.74, 6) is 1.98. The molecule has 2 N–H and O–H groups in total. The zero-order valence-corrected chi connectivity index (χ0v) is 20.5. The Balaban J connectivity index is 1.43. The number of benzene rings is 1. The van der Waals surface area contributed by atoms with Crippen LogP contribution in [0.5, 0.6) is 5.75 Å². The van der Waals surface area contributed by atoms with Crippen molar-refractivity contribution >= 4 is 11.7 Å². The lowest BCUT2D eigenvalue weighted by molar-refractivity contribution is 0.0629. The first-order valence-corrected chi connectivity index (χ1v) is 12.5. The van der Waals surface area contributed by atoms with Gasteiger partial charge in [0.1, 0.15) is 11.6 Å². The number of anilines is 1. The molecule has 2 aromatic heterocycles. The van der Waals surface area contributed by atoms with E-state index in [1.165, 1.54) is 19.4 Å². The number of nitrogens with zero attached hydrogens (tertiary/aromatic N) is 4. The van der Waals surface area contributed by atoms with Crippen LogP contribution in [0.2, 0.25) is 0 Å². The number of pyridine rings is 2. The van der Waals surface area contributed by atoms with Crippen LogP contribution in [0.25, 0.3) is 22.3 Å². The predicted molar refractivity (Wildman–Crippen MR) is 138 cm³/mol. The molecule has 2 fully saturated rings. The minimum atomic E-state index is 0.0337. The first-order valence-electron chi connectivity index (χ1n) is 12.5. The normalized spacial score (nSPS) is 16.3. The molecule has 1 aromatic carbocycles. The molecule has 1 saturated heterocycles. The highest BCUT2D eigenvalue weighted by Gasteiger charge is 2.29. The highest BCUT2D eigenvalue weighted by Crippen LogP contribution is 2.37. The summed E-state index contributed by atoms with van der Waals surface area (Å²) >= 11 is 0. The van der Waals surface area contributed by atoms with Crippen LogP contribution in [0.4, 0.5) is 5.82 Å². The lowest BCUT2D eigenvalue weighted by Gasteiger charge is -2.35. The second-order valence-electron chi connectivity index (χ2n) is 9.46. The molecule has 2 aliphatic rings. The van der Waals surface area contributed by atoms with E-state index in [-0.39, 0.29) is 5.91 Å². The van der Waals surface area contributed by atoms with Gasteiger partial charge in [-0.15, -0.1) is 0 Å². The van der Waals surface area contributed by atoms with Crippen molar-refractivity contribution in [3.05, 3.63) is 60.0 Å². The second kappa shape index (κ2) is 10.0. The Kier molecular flexibility index (Phi) is 6.68. The van der Waals surface area contributed by atoms with Crippen molar-refractivity contribution in [3.63, 3.8) is 0 Å². The van der Waals surface area contributed by atoms with E-state index in [9.17, 15) is 4.79 Å². The highest BCUT2D eigenvalue weighted by atomic mass is 16.5. The maximum atomic E-state index is 13.4. The maximum Gasteiger partial charge on any atom is 0.257 e. The standard InChI is InChI=1S/C28H33N5O2/c1-3-24-27(21-7-9-26(29)31-17-21)22(10-11-30-24)20-6-8-23(25(16-20)35-2)28(34)33-14-12-32(13-15-33)18-19-4-5-19/h6-11,16-17,19H,3-5,12-15,18H2,1-2H3,(H2,29,31). The summed E-state index contributed by atoms with van der Waals surface area (Å²) in [5.41, 5.74) is 11.4. The monoisotopic (exact) mass is 471 g/mol. The number of amides is 1. The summed E-state index contributed by atoms with van der Waals surface area (Å²) in [7, 11) is 1.62. The average Bonchev–Trinajstić information content (AvgIpc) is 3.72. The Labute approximate surface area is 206 Å². The zero-order valence-electron chi connectivity index (χ0n) is 20.5. The summed E-state index contributed by atoms with van der Waals surface area (Å²) in [6, 6.07) is 11.6. The fourth-order valence-corrected chi connectivity index (χ4v) is 4.89. The molecule has 0 spiro atoms. The molecule has 0 atom stereocenters. The summed E-state index contributed by atoms with van der Waals surface area (Å²) in [6.07, 6.45) is 7.11. The van der Waals surface area contributed by atoms with Crippen molar-refractivity contribution < 1.29 is 9.53 Å². The Hall–Kier alpha value is -3.45. The van der Waals surface area contributed by atoms with Crippen LogP contribution in [-0.2, 0) is 6.42 Å². The van der Waals surface area contributed by atoms with E-state index in [2.05, 4.69) is 21.8 Å². The summed E-state index contributed by atoms with van der Waals surface area (Å²) in [6.45, 7) is 6.67. The van der Waals surface area contributed by atoms with Gasteiger partial charge in [0.25, 0.3) is 5.91 Å². The molecule has 7 nitrogen and oxygen atoms in total. The molecule has 1 aliphatic carbocycles. The van der Waals surface area contributed by atoms with Gasteiger partial charge < -0.3 is 15.4 Å². The van der Waals surface area contributed by atoms with Crippen molar-refractivity contribution in [2.24, 2.45) is 5.92 Å². The van der Waals surface area contributed by atoms with Crippen LogP contribution in [0.1, 0.15) is 35.8 Å². The number of ether oxygens (including phenoxy) is 1. The molecule has 5 rings (SSSR count). The van der Waals surface area contributed by atoms with E-state index >= 15 is 0 Å². The summed E-state index contributed by atoms with van der Waals surface area (Å²) < 4.78 is 5.72. The zero-order chi connectivity index (χ0) is 24.4. The van der Waals surface area contributed by atoms with Crippen molar-refractivity contribution in [2.75, 3.05) is 45.6 Å². The summed E-state index contributed by atoms with van der Waals surface area (Å²) in [5, 5.41) is 0. The molecule has 182 valence electrons. The van der Waals surface area contributed by atoms with Crippen LogP contribution in [-0.4, -0.2) is 65.5 Å². The number of carbonyl (C=O) groups excluding carboxylic acids is 1. The third-order valence-electron chi connectivity index (χ3n) is 7.06. The van der Waals surface area contributed by atoms with Gasteiger partial charge in [-0.3, -0.25) is 14.7 Å². The van der Waals surface area contributed by atoms with Crippen molar-refractivity contribution in [3.8, 4) is 28.0 Å². The van der Waals surface area contributed by atoms with Gasteiger partial charge >= 0.3 is 0 Å². The Bertz CT molecular complexity index is 1200. The van der Waals surface area contributed by atoms with E-state index in [4.69, 9.17) is 10.5 Å². The lowest BCUT2D eigenvalue weighted by Crippen LogP contribution is -2.49. The third kappa shape index (κ3) is 5.00. The molecule has 1 aliphatic heterocycles. The number of aryl methyl sites for hydroxylation is 1. The second-order valence-corrected chi connectivity index (χ2v) is 9.46. The van der Waals surface area contributed by atoms with Crippen LogP contribution >= 0.6 is 0 Å². The van der Waals surface area contributed by atoms with Gasteiger partial charge in [-0.25, -0.2) is 4.98 Å². The number of hydrogen-bond acceptors (Lipinski definition) is 6. The molecule has 7 heteroatoms. The van der Waals surface area contributed by atoms with Crippen molar-refractivity contribution in [1.82, 2.24) is 19.8 Å². The number of nitrogen functional groups attached to an aromatic ring is 1. The molecule has 3 aromatic rings. The van der Waals surface area contributed by atoms with E-state index in [1.54, 1.807) is 19.4 Å². The number of hydrogen-bond donors (Lipinski definition) is 1. The van der Waals surface area contributed by atoms with E-state index in [0.717, 1.165) is 66.5 Å². The summed E-state index contributed by atoms with van der Waals surface area (Å²) in [4.78, 5) is 26.7. The topological polar surface area (TPSA) is 84.6 Å². The lowest BCUT2D eigenvalue weighted by atomic mass is 9.92. The fraction of sp³-hybridized carbons (Fsp3) is 0.393. The molecule has 3 heterocycles. The largest absolute Gasteiger partial charge is 0.496 e. The van der Waals surface area contributed by atoms with Gasteiger partial charge in [0.15, 0.2) is 0 Å². The van der Waals surface area contributed by atoms with Crippen molar-refractivity contribution in [2.45, 2.75) is 26.2 Å². The number of carbonyl (C=O) groups is 1. The highest BCUT2D eigenvalue weighted by molar-refractivity contribution is 5.98. The average molecular weight is 472 g/mol. The number of aromatic nitrogens is 2. The molecule has 1 saturated carbocycles. The molecule has 0 unspecified atom stereocenters. The molecule has 0 radical (unpaired) electrons. The molecular formula is C28H33N5O2. The van der Waals surface area contributed by atoms with Crippen LogP contribution in [0, 0.1) is 5.92 Å². The van der Waals surface area contributed by atoms with Gasteiger partial charge in [-0.1, -0.05) is 13.0 Å². The van der Waals surface area contributed by atoms with Gasteiger partial charge in [0, 0.05) is 61.9 Å². The first kappa shape index (κ1) is 23.3. The van der Waals surface area contributed by atoms with Gasteiger partial charge in [0.05, 0.1) is 12.7 Å².